The first kappa shape index (κ1) is 18.8. The smallest absolute Gasteiger partial charge is 0.289 e. The predicted molar refractivity (Wildman–Crippen MR) is 116 cm³/mol. The second kappa shape index (κ2) is 7.91. The molecule has 1 aliphatic rings. The molecule has 0 fully saturated rings. The summed E-state index contributed by atoms with van der Waals surface area (Å²) in [5.41, 5.74) is 5.54. The number of carbonyl (C=O) groups is 1. The van der Waals surface area contributed by atoms with E-state index in [0.29, 0.717) is 29.9 Å². The third kappa shape index (κ3) is 3.59. The van der Waals surface area contributed by atoms with Gasteiger partial charge in [-0.2, -0.15) is 0 Å². The Balaban J connectivity index is 1.46. The van der Waals surface area contributed by atoms with Gasteiger partial charge in [0, 0.05) is 41.8 Å². The normalized spacial score (nSPS) is 14.0. The summed E-state index contributed by atoms with van der Waals surface area (Å²) in [4.78, 5) is 21.1. The first-order valence-corrected chi connectivity index (χ1v) is 9.88. The highest BCUT2D eigenvalue weighted by Crippen LogP contribution is 2.34. The second-order valence-electron chi connectivity index (χ2n) is 7.27. The maximum absolute atomic E-state index is 12.9. The van der Waals surface area contributed by atoms with Gasteiger partial charge >= 0.3 is 0 Å². The van der Waals surface area contributed by atoms with Gasteiger partial charge in [0.05, 0.1) is 17.6 Å². The summed E-state index contributed by atoms with van der Waals surface area (Å²) in [6, 6.07) is 11.3. The van der Waals surface area contributed by atoms with Crippen LogP contribution in [0.2, 0.25) is 0 Å². The van der Waals surface area contributed by atoms with E-state index in [2.05, 4.69) is 25.8 Å². The van der Waals surface area contributed by atoms with Crippen LogP contribution < -0.4 is 10.6 Å². The maximum atomic E-state index is 12.9. The fourth-order valence-electron chi connectivity index (χ4n) is 3.80. The lowest BCUT2D eigenvalue weighted by Crippen LogP contribution is -2.23. The molecule has 3 heterocycles. The lowest BCUT2D eigenvalue weighted by atomic mass is 10.1. The van der Waals surface area contributed by atoms with Crippen molar-refractivity contribution in [2.45, 2.75) is 19.4 Å². The summed E-state index contributed by atoms with van der Waals surface area (Å²) in [5.74, 6) is -0.150. The fourth-order valence-corrected chi connectivity index (χ4v) is 3.80. The molecule has 0 bridgehead atoms. The molecule has 3 aromatic heterocycles. The van der Waals surface area contributed by atoms with Crippen molar-refractivity contribution < 1.29 is 14.4 Å². The van der Waals surface area contributed by atoms with Gasteiger partial charge in [0.2, 0.25) is 5.76 Å². The van der Waals surface area contributed by atoms with Crippen LogP contribution in [0.1, 0.15) is 33.7 Å². The number of anilines is 2. The van der Waals surface area contributed by atoms with Gasteiger partial charge in [-0.25, -0.2) is 0 Å². The number of hydrogen-bond donors (Lipinski definition) is 3. The molecule has 154 valence electrons. The van der Waals surface area contributed by atoms with E-state index in [1.807, 2.05) is 36.4 Å². The van der Waals surface area contributed by atoms with Gasteiger partial charge in [0.15, 0.2) is 5.58 Å². The zero-order valence-corrected chi connectivity index (χ0v) is 16.5. The molecule has 31 heavy (non-hydrogen) atoms. The molecule has 8 nitrogen and oxygen atoms in total. The number of rotatable bonds is 5. The minimum atomic E-state index is -0.335. The van der Waals surface area contributed by atoms with E-state index in [-0.39, 0.29) is 11.7 Å². The summed E-state index contributed by atoms with van der Waals surface area (Å²) in [6.45, 7) is 0.337. The van der Waals surface area contributed by atoms with Gasteiger partial charge in [-0.1, -0.05) is 17.3 Å². The van der Waals surface area contributed by atoms with E-state index >= 15 is 0 Å². The number of hydrogen-bond acceptors (Lipinski definition) is 7. The molecule has 0 aliphatic heterocycles. The number of fused-ring (bicyclic) bond motifs is 2. The minimum absolute atomic E-state index is 0.185. The minimum Gasteiger partial charge on any atom is -0.447 e. The highest BCUT2D eigenvalue weighted by molar-refractivity contribution is 6.07. The number of pyridine rings is 2. The van der Waals surface area contributed by atoms with Crippen LogP contribution in [0.15, 0.2) is 70.8 Å². The SMILES string of the molecule is O=C(NCc1cccnc1)c1oc2cnccc2c1Nc1ccc2c(c1)CCC2=NO. The Morgan fingerprint density at radius 1 is 1.13 bits per heavy atom. The van der Waals surface area contributed by atoms with E-state index in [4.69, 9.17) is 9.62 Å². The predicted octanol–water partition coefficient (Wildman–Crippen LogP) is 4.02. The summed E-state index contributed by atoms with van der Waals surface area (Å²) in [5, 5.41) is 19.5. The molecule has 4 aromatic rings. The van der Waals surface area contributed by atoms with Gasteiger partial charge in [0.25, 0.3) is 5.91 Å². The van der Waals surface area contributed by atoms with Crippen LogP contribution in [0, 0.1) is 0 Å². The summed E-state index contributed by atoms with van der Waals surface area (Å²) >= 11 is 0. The Kier molecular flexibility index (Phi) is 4.80. The molecule has 0 saturated heterocycles. The highest BCUT2D eigenvalue weighted by atomic mass is 16.4. The molecule has 0 atom stereocenters. The van der Waals surface area contributed by atoms with E-state index in [0.717, 1.165) is 34.2 Å². The van der Waals surface area contributed by atoms with Crippen LogP contribution in [0.5, 0.6) is 0 Å². The van der Waals surface area contributed by atoms with Gasteiger partial charge in [-0.3, -0.25) is 14.8 Å². The van der Waals surface area contributed by atoms with Crippen molar-refractivity contribution in [3.63, 3.8) is 0 Å². The molecule has 1 aromatic carbocycles. The fraction of sp³-hybridized carbons (Fsp3) is 0.130. The highest BCUT2D eigenvalue weighted by Gasteiger charge is 2.23. The van der Waals surface area contributed by atoms with E-state index in [9.17, 15) is 4.79 Å². The largest absolute Gasteiger partial charge is 0.447 e. The average Bonchev–Trinajstić information content (AvgIpc) is 3.39. The average molecular weight is 413 g/mol. The lowest BCUT2D eigenvalue weighted by Gasteiger charge is -2.10. The Labute approximate surface area is 177 Å². The van der Waals surface area contributed by atoms with Gasteiger partial charge in [-0.15, -0.1) is 0 Å². The first-order valence-electron chi connectivity index (χ1n) is 9.88. The Morgan fingerprint density at radius 2 is 2.03 bits per heavy atom. The number of nitrogens with one attached hydrogen (secondary N) is 2. The Hall–Kier alpha value is -4.20. The van der Waals surface area contributed by atoms with Crippen molar-refractivity contribution in [3.8, 4) is 0 Å². The molecule has 8 heteroatoms. The van der Waals surface area contributed by atoms with Gasteiger partial charge < -0.3 is 20.3 Å². The lowest BCUT2D eigenvalue weighted by molar-refractivity contribution is 0.0926. The van der Waals surface area contributed by atoms with Crippen molar-refractivity contribution in [2.75, 3.05) is 5.32 Å². The number of furan rings is 1. The molecular formula is C23H19N5O3. The number of nitrogens with zero attached hydrogens (tertiary/aromatic N) is 3. The number of aromatic nitrogens is 2. The van der Waals surface area contributed by atoms with Crippen LogP contribution in [0.25, 0.3) is 11.0 Å². The molecular weight excluding hydrogens is 394 g/mol. The number of oxime groups is 1. The van der Waals surface area contributed by atoms with Crippen LogP contribution in [0.4, 0.5) is 11.4 Å². The van der Waals surface area contributed by atoms with Crippen LogP contribution in [0.3, 0.4) is 0 Å². The van der Waals surface area contributed by atoms with Crippen molar-refractivity contribution in [3.05, 3.63) is 83.6 Å². The number of amides is 1. The van der Waals surface area contributed by atoms with Gasteiger partial charge in [-0.05, 0) is 48.2 Å². The first-order chi connectivity index (χ1) is 15.2. The Bertz CT molecular complexity index is 1300. The number of benzene rings is 1. The molecule has 0 saturated carbocycles. The zero-order valence-electron chi connectivity index (χ0n) is 16.5. The molecule has 0 unspecified atom stereocenters. The van der Waals surface area contributed by atoms with Crippen molar-refractivity contribution >= 4 is 34.0 Å². The van der Waals surface area contributed by atoms with Crippen LogP contribution >= 0.6 is 0 Å². The van der Waals surface area contributed by atoms with Crippen molar-refractivity contribution in [2.24, 2.45) is 5.16 Å². The quantitative estimate of drug-likeness (QED) is 0.336. The summed E-state index contributed by atoms with van der Waals surface area (Å²) < 4.78 is 5.84. The third-order valence-corrected chi connectivity index (χ3v) is 5.31. The monoisotopic (exact) mass is 413 g/mol. The Morgan fingerprint density at radius 3 is 2.87 bits per heavy atom. The summed E-state index contributed by atoms with van der Waals surface area (Å²) in [6.07, 6.45) is 8.15. The molecule has 5 rings (SSSR count). The van der Waals surface area contributed by atoms with Crippen molar-refractivity contribution in [1.82, 2.24) is 15.3 Å². The van der Waals surface area contributed by atoms with Crippen LogP contribution in [-0.4, -0.2) is 26.8 Å². The second-order valence-corrected chi connectivity index (χ2v) is 7.27. The van der Waals surface area contributed by atoms with E-state index in [1.54, 1.807) is 24.8 Å². The summed E-state index contributed by atoms with van der Waals surface area (Å²) in [7, 11) is 0. The van der Waals surface area contributed by atoms with E-state index < -0.39 is 0 Å². The van der Waals surface area contributed by atoms with Crippen molar-refractivity contribution in [1.29, 1.82) is 0 Å². The molecule has 1 aliphatic carbocycles. The topological polar surface area (TPSA) is 113 Å². The molecule has 0 radical (unpaired) electrons. The standard InChI is InChI=1S/C23H19N5O3/c29-23(26-12-14-2-1-8-24-11-14)22-21(18-7-9-25-13-20(18)31-22)27-16-4-5-17-15(10-16)3-6-19(17)28-30/h1-2,4-5,7-11,13,27,30H,3,6,12H2,(H,26,29). The maximum Gasteiger partial charge on any atom is 0.289 e. The molecule has 3 N–H and O–H groups in total. The van der Waals surface area contributed by atoms with Gasteiger partial charge in [0.1, 0.15) is 0 Å². The third-order valence-electron chi connectivity index (χ3n) is 5.31. The van der Waals surface area contributed by atoms with E-state index in [1.165, 1.54) is 0 Å². The number of carbonyl (C=O) groups excluding carboxylic acids is 1. The zero-order chi connectivity index (χ0) is 21.2. The van der Waals surface area contributed by atoms with Crippen LogP contribution in [-0.2, 0) is 13.0 Å². The molecule has 0 spiro atoms. The molecule has 1 amide bonds. The number of aryl methyl sites for hydroxylation is 1.